The normalized spacial score (nSPS) is 12.2. The maximum Gasteiger partial charge on any atom is 0.125 e. The molecular formula is C15H16BrClN2O. The second kappa shape index (κ2) is 7.07. The average molecular weight is 356 g/mol. The monoisotopic (exact) mass is 354 g/mol. The van der Waals surface area contributed by atoms with E-state index in [9.17, 15) is 0 Å². The van der Waals surface area contributed by atoms with Crippen molar-refractivity contribution in [1.82, 2.24) is 10.3 Å². The lowest BCUT2D eigenvalue weighted by Gasteiger charge is -2.17. The molecule has 106 valence electrons. The third kappa shape index (κ3) is 3.72. The van der Waals surface area contributed by atoms with Gasteiger partial charge in [0.25, 0.3) is 0 Å². The van der Waals surface area contributed by atoms with Gasteiger partial charge in [0, 0.05) is 34.0 Å². The van der Waals surface area contributed by atoms with Crippen LogP contribution in [0.15, 0.2) is 41.1 Å². The molecule has 0 saturated heterocycles. The second-order valence-corrected chi connectivity index (χ2v) is 5.77. The first kappa shape index (κ1) is 15.3. The molecule has 0 fully saturated rings. The maximum atomic E-state index is 6.09. The fourth-order valence-electron chi connectivity index (χ4n) is 1.82. The number of pyridine rings is 1. The Labute approximate surface area is 132 Å². The van der Waals surface area contributed by atoms with Gasteiger partial charge in [0.15, 0.2) is 0 Å². The number of benzene rings is 1. The van der Waals surface area contributed by atoms with Gasteiger partial charge in [-0.25, -0.2) is 0 Å². The second-order valence-electron chi connectivity index (χ2n) is 4.45. The quantitative estimate of drug-likeness (QED) is 0.865. The third-order valence-corrected chi connectivity index (χ3v) is 3.95. The molecule has 2 rings (SSSR count). The van der Waals surface area contributed by atoms with Crippen LogP contribution in [0, 0.1) is 0 Å². The first-order valence-electron chi connectivity index (χ1n) is 6.29. The van der Waals surface area contributed by atoms with Gasteiger partial charge in [-0.05, 0) is 32.2 Å². The van der Waals surface area contributed by atoms with Crippen molar-refractivity contribution in [3.63, 3.8) is 0 Å². The van der Waals surface area contributed by atoms with Crippen molar-refractivity contribution in [2.45, 2.75) is 19.6 Å². The summed E-state index contributed by atoms with van der Waals surface area (Å²) in [5, 5.41) is 3.84. The Morgan fingerprint density at radius 1 is 1.40 bits per heavy atom. The lowest BCUT2D eigenvalue weighted by Crippen LogP contribution is -2.13. The molecule has 5 heteroatoms. The number of halogens is 2. The van der Waals surface area contributed by atoms with Crippen LogP contribution in [0.1, 0.15) is 24.1 Å². The van der Waals surface area contributed by atoms with Crippen LogP contribution in [0.3, 0.4) is 0 Å². The van der Waals surface area contributed by atoms with Crippen molar-refractivity contribution in [2.75, 3.05) is 7.05 Å². The zero-order chi connectivity index (χ0) is 14.5. The molecule has 3 nitrogen and oxygen atoms in total. The predicted octanol–water partition coefficient (Wildman–Crippen LogP) is 4.36. The van der Waals surface area contributed by atoms with Crippen LogP contribution in [0.2, 0.25) is 5.02 Å². The molecule has 1 aromatic heterocycles. The summed E-state index contributed by atoms with van der Waals surface area (Å²) in [5.41, 5.74) is 2.03. The highest BCUT2D eigenvalue weighted by Gasteiger charge is 2.11. The Bertz CT molecular complexity index is 592. The highest BCUT2D eigenvalue weighted by Crippen LogP contribution is 2.29. The molecule has 1 atom stereocenters. The van der Waals surface area contributed by atoms with Gasteiger partial charge >= 0.3 is 0 Å². The smallest absolute Gasteiger partial charge is 0.125 e. The Hall–Kier alpha value is -1.10. The SMILES string of the molecule is CNC(C)c1ccc(Br)cc1OCc1ccncc1Cl. The predicted molar refractivity (Wildman–Crippen MR) is 85.2 cm³/mol. The summed E-state index contributed by atoms with van der Waals surface area (Å²) >= 11 is 9.56. The van der Waals surface area contributed by atoms with E-state index in [-0.39, 0.29) is 6.04 Å². The van der Waals surface area contributed by atoms with Crippen molar-refractivity contribution >= 4 is 27.5 Å². The Morgan fingerprint density at radius 3 is 2.90 bits per heavy atom. The van der Waals surface area contributed by atoms with Crippen molar-refractivity contribution in [1.29, 1.82) is 0 Å². The number of nitrogens with one attached hydrogen (secondary N) is 1. The molecule has 0 aliphatic rings. The molecule has 1 unspecified atom stereocenters. The zero-order valence-corrected chi connectivity index (χ0v) is 13.7. The van der Waals surface area contributed by atoms with Crippen LogP contribution in [0.5, 0.6) is 5.75 Å². The number of hydrogen-bond acceptors (Lipinski definition) is 3. The molecule has 0 aliphatic carbocycles. The molecule has 0 bridgehead atoms. The van der Waals surface area contributed by atoms with Gasteiger partial charge in [-0.1, -0.05) is 33.6 Å². The van der Waals surface area contributed by atoms with Crippen LogP contribution in [0.4, 0.5) is 0 Å². The molecule has 1 heterocycles. The van der Waals surface area contributed by atoms with Crippen LogP contribution < -0.4 is 10.1 Å². The molecule has 2 aromatic rings. The molecule has 0 spiro atoms. The Morgan fingerprint density at radius 2 is 2.20 bits per heavy atom. The number of aromatic nitrogens is 1. The van der Waals surface area contributed by atoms with Gasteiger partial charge in [0.2, 0.25) is 0 Å². The lowest BCUT2D eigenvalue weighted by atomic mass is 10.1. The average Bonchev–Trinajstić information content (AvgIpc) is 2.46. The summed E-state index contributed by atoms with van der Waals surface area (Å²) in [6, 6.07) is 8.11. The largest absolute Gasteiger partial charge is 0.488 e. The van der Waals surface area contributed by atoms with Crippen LogP contribution in [-0.4, -0.2) is 12.0 Å². The minimum absolute atomic E-state index is 0.214. The zero-order valence-electron chi connectivity index (χ0n) is 11.4. The van der Waals surface area contributed by atoms with E-state index in [2.05, 4.69) is 39.2 Å². The molecule has 20 heavy (non-hydrogen) atoms. The fourth-order valence-corrected chi connectivity index (χ4v) is 2.34. The van der Waals surface area contributed by atoms with Gasteiger partial charge in [0.1, 0.15) is 12.4 Å². The van der Waals surface area contributed by atoms with E-state index in [1.54, 1.807) is 12.4 Å². The first-order valence-corrected chi connectivity index (χ1v) is 7.47. The van der Waals surface area contributed by atoms with Gasteiger partial charge in [-0.15, -0.1) is 0 Å². The van der Waals surface area contributed by atoms with Gasteiger partial charge in [-0.3, -0.25) is 4.98 Å². The van der Waals surface area contributed by atoms with Gasteiger partial charge in [0.05, 0.1) is 5.02 Å². The summed E-state index contributed by atoms with van der Waals surface area (Å²) in [4.78, 5) is 3.97. The van der Waals surface area contributed by atoms with Gasteiger partial charge in [-0.2, -0.15) is 0 Å². The highest BCUT2D eigenvalue weighted by molar-refractivity contribution is 9.10. The van der Waals surface area contributed by atoms with E-state index in [4.69, 9.17) is 16.3 Å². The van der Waals surface area contributed by atoms with Crippen molar-refractivity contribution in [3.8, 4) is 5.75 Å². The Balaban J connectivity index is 2.20. The molecule has 1 N–H and O–H groups in total. The highest BCUT2D eigenvalue weighted by atomic mass is 79.9. The molecule has 0 saturated carbocycles. The molecular weight excluding hydrogens is 340 g/mol. The number of hydrogen-bond donors (Lipinski definition) is 1. The standard InChI is InChI=1S/C15H16BrClN2O/c1-10(18-2)13-4-3-12(16)7-15(13)20-9-11-5-6-19-8-14(11)17/h3-8,10,18H,9H2,1-2H3. The maximum absolute atomic E-state index is 6.09. The van der Waals surface area contributed by atoms with Crippen LogP contribution >= 0.6 is 27.5 Å². The van der Waals surface area contributed by atoms with E-state index >= 15 is 0 Å². The van der Waals surface area contributed by atoms with E-state index < -0.39 is 0 Å². The summed E-state index contributed by atoms with van der Waals surface area (Å²) < 4.78 is 6.91. The minimum Gasteiger partial charge on any atom is -0.488 e. The van der Waals surface area contributed by atoms with Crippen molar-refractivity contribution in [3.05, 3.63) is 57.3 Å². The van der Waals surface area contributed by atoms with Crippen molar-refractivity contribution in [2.24, 2.45) is 0 Å². The molecule has 0 radical (unpaired) electrons. The van der Waals surface area contributed by atoms with E-state index in [1.165, 1.54) is 0 Å². The van der Waals surface area contributed by atoms with E-state index in [1.807, 2.05) is 25.2 Å². The van der Waals surface area contributed by atoms with Crippen LogP contribution in [-0.2, 0) is 6.61 Å². The molecule has 1 aromatic carbocycles. The molecule has 0 amide bonds. The van der Waals surface area contributed by atoms with Crippen molar-refractivity contribution < 1.29 is 4.74 Å². The first-order chi connectivity index (χ1) is 9.61. The van der Waals surface area contributed by atoms with Gasteiger partial charge < -0.3 is 10.1 Å². The van der Waals surface area contributed by atoms with E-state index in [0.29, 0.717) is 11.6 Å². The van der Waals surface area contributed by atoms with Crippen LogP contribution in [0.25, 0.3) is 0 Å². The topological polar surface area (TPSA) is 34.1 Å². The van der Waals surface area contributed by atoms with E-state index in [0.717, 1.165) is 21.3 Å². The lowest BCUT2D eigenvalue weighted by molar-refractivity contribution is 0.300. The number of nitrogens with zero attached hydrogens (tertiary/aromatic N) is 1. The summed E-state index contributed by atoms with van der Waals surface area (Å²) in [5.74, 6) is 0.842. The molecule has 0 aliphatic heterocycles. The summed E-state index contributed by atoms with van der Waals surface area (Å²) in [7, 11) is 1.93. The fraction of sp³-hybridized carbons (Fsp3) is 0.267. The third-order valence-electron chi connectivity index (χ3n) is 3.11. The Kier molecular flexibility index (Phi) is 5.40. The summed E-state index contributed by atoms with van der Waals surface area (Å²) in [6.07, 6.45) is 3.33. The number of rotatable bonds is 5. The summed E-state index contributed by atoms with van der Waals surface area (Å²) in [6.45, 7) is 2.51. The number of ether oxygens (including phenoxy) is 1. The minimum atomic E-state index is 0.214.